The molecule has 5 nitrogen and oxygen atoms in total. The number of benzene rings is 1. The van der Waals surface area contributed by atoms with Crippen LogP contribution < -0.4 is 0 Å². The minimum absolute atomic E-state index is 0.206. The Hall–Kier alpha value is -1.85. The lowest BCUT2D eigenvalue weighted by molar-refractivity contribution is 0.0652. The van der Waals surface area contributed by atoms with E-state index in [2.05, 4.69) is 9.68 Å². The number of nitrogens with zero attached hydrogens (tertiary/aromatic N) is 1. The van der Waals surface area contributed by atoms with E-state index in [1.807, 2.05) is 0 Å². The summed E-state index contributed by atoms with van der Waals surface area (Å²) < 4.78 is 9.67. The van der Waals surface area contributed by atoms with E-state index in [-0.39, 0.29) is 5.76 Å². The molecule has 2 aromatic rings. The molecular weight excluding hydrogens is 258 g/mol. The molecule has 1 N–H and O–H groups in total. The number of aromatic nitrogens is 1. The third-order valence-electron chi connectivity index (χ3n) is 2.37. The summed E-state index contributed by atoms with van der Waals surface area (Å²) in [5.41, 5.74) is 1.97. The van der Waals surface area contributed by atoms with Gasteiger partial charge in [-0.1, -0.05) is 28.9 Å². The van der Waals surface area contributed by atoms with Gasteiger partial charge >= 0.3 is 5.97 Å². The highest BCUT2D eigenvalue weighted by molar-refractivity contribution is 6.31. The molecule has 0 bridgehead atoms. The molecule has 1 heterocycles. The van der Waals surface area contributed by atoms with Crippen LogP contribution in [0.4, 0.5) is 0 Å². The first-order chi connectivity index (χ1) is 8.61. The maximum Gasteiger partial charge on any atom is 0.374 e. The Labute approximate surface area is 108 Å². The van der Waals surface area contributed by atoms with Crippen molar-refractivity contribution in [2.45, 2.75) is 6.61 Å². The number of rotatable bonds is 4. The molecule has 0 unspecified atom stereocenters. The summed E-state index contributed by atoms with van der Waals surface area (Å²) in [5, 5.41) is 13.0. The van der Waals surface area contributed by atoms with Gasteiger partial charge in [-0.2, -0.15) is 0 Å². The van der Waals surface area contributed by atoms with Gasteiger partial charge in [0.1, 0.15) is 5.69 Å². The summed E-state index contributed by atoms with van der Waals surface area (Å²) >= 11 is 6.07. The first-order valence-electron chi connectivity index (χ1n) is 5.09. The van der Waals surface area contributed by atoms with E-state index in [0.29, 0.717) is 22.9 Å². The first-order valence-corrected chi connectivity index (χ1v) is 5.47. The zero-order chi connectivity index (χ0) is 13.1. The van der Waals surface area contributed by atoms with Crippen LogP contribution in [0.5, 0.6) is 0 Å². The van der Waals surface area contributed by atoms with Crippen molar-refractivity contribution >= 4 is 17.6 Å². The summed E-state index contributed by atoms with van der Waals surface area (Å²) in [7, 11) is 1.58. The molecule has 0 radical (unpaired) electrons. The summed E-state index contributed by atoms with van der Waals surface area (Å²) in [6.07, 6.45) is 0. The largest absolute Gasteiger partial charge is 0.475 e. The highest BCUT2D eigenvalue weighted by atomic mass is 35.5. The van der Waals surface area contributed by atoms with Crippen LogP contribution in [0.1, 0.15) is 16.1 Å². The van der Waals surface area contributed by atoms with Gasteiger partial charge in [-0.15, -0.1) is 0 Å². The van der Waals surface area contributed by atoms with Crippen molar-refractivity contribution in [1.82, 2.24) is 5.16 Å². The van der Waals surface area contributed by atoms with Gasteiger partial charge in [0.2, 0.25) is 5.76 Å². The Morgan fingerprint density at radius 2 is 2.28 bits per heavy atom. The zero-order valence-electron chi connectivity index (χ0n) is 9.51. The highest BCUT2D eigenvalue weighted by Gasteiger charge is 2.13. The third-order valence-corrected chi connectivity index (χ3v) is 2.72. The average molecular weight is 268 g/mol. The number of hydrogen-bond acceptors (Lipinski definition) is 4. The van der Waals surface area contributed by atoms with Crippen molar-refractivity contribution in [1.29, 1.82) is 0 Å². The fourth-order valence-corrected chi connectivity index (χ4v) is 1.73. The Kier molecular flexibility index (Phi) is 3.64. The van der Waals surface area contributed by atoms with E-state index < -0.39 is 5.97 Å². The molecular formula is C12H10ClNO4. The molecule has 0 aliphatic carbocycles. The van der Waals surface area contributed by atoms with Crippen LogP contribution in [0.25, 0.3) is 11.3 Å². The van der Waals surface area contributed by atoms with Gasteiger partial charge in [0, 0.05) is 23.8 Å². The number of hydrogen-bond donors (Lipinski definition) is 1. The number of carbonyl (C=O) groups is 1. The number of carboxylic acids is 1. The number of aromatic carboxylic acids is 1. The smallest absolute Gasteiger partial charge is 0.374 e. The molecule has 0 saturated carbocycles. The zero-order valence-corrected chi connectivity index (χ0v) is 10.3. The number of ether oxygens (including phenoxy) is 1. The Bertz CT molecular complexity index is 579. The highest BCUT2D eigenvalue weighted by Crippen LogP contribution is 2.25. The van der Waals surface area contributed by atoms with E-state index in [4.69, 9.17) is 21.4 Å². The summed E-state index contributed by atoms with van der Waals surface area (Å²) in [6.45, 7) is 0.415. The monoisotopic (exact) mass is 267 g/mol. The van der Waals surface area contributed by atoms with Crippen molar-refractivity contribution in [3.8, 4) is 11.3 Å². The fourth-order valence-electron chi connectivity index (χ4n) is 1.49. The molecule has 0 atom stereocenters. The molecule has 0 fully saturated rings. The van der Waals surface area contributed by atoms with Gasteiger partial charge in [-0.25, -0.2) is 4.79 Å². The quantitative estimate of drug-likeness (QED) is 0.922. The van der Waals surface area contributed by atoms with E-state index >= 15 is 0 Å². The lowest BCUT2D eigenvalue weighted by Gasteiger charge is -2.04. The topological polar surface area (TPSA) is 72.6 Å². The molecule has 94 valence electrons. The minimum Gasteiger partial charge on any atom is -0.475 e. The number of carboxylic acid groups (broad SMARTS) is 1. The standard InChI is InChI=1S/C12H10ClNO4/c1-17-6-8-3-2-7(4-9(8)13)10-5-11(12(15)16)18-14-10/h2-5H,6H2,1H3,(H,15,16). The predicted octanol–water partition coefficient (Wildman–Crippen LogP) is 2.84. The van der Waals surface area contributed by atoms with Gasteiger partial charge in [0.05, 0.1) is 6.61 Å². The molecule has 0 spiro atoms. The van der Waals surface area contributed by atoms with Crippen LogP contribution in [0.15, 0.2) is 28.8 Å². The summed E-state index contributed by atoms with van der Waals surface area (Å²) in [4.78, 5) is 10.7. The SMILES string of the molecule is COCc1ccc(-c2cc(C(=O)O)on2)cc1Cl. The van der Waals surface area contributed by atoms with Crippen molar-refractivity contribution in [2.24, 2.45) is 0 Å². The van der Waals surface area contributed by atoms with Crippen molar-refractivity contribution in [3.05, 3.63) is 40.6 Å². The normalized spacial score (nSPS) is 10.6. The fraction of sp³-hybridized carbons (Fsp3) is 0.167. The molecule has 1 aromatic carbocycles. The number of halogens is 1. The summed E-state index contributed by atoms with van der Waals surface area (Å²) in [5.74, 6) is -1.36. The van der Waals surface area contributed by atoms with Crippen molar-refractivity contribution in [2.75, 3.05) is 7.11 Å². The third kappa shape index (κ3) is 2.52. The lowest BCUT2D eigenvalue weighted by Crippen LogP contribution is -1.91. The van der Waals surface area contributed by atoms with Crippen LogP contribution in [0.3, 0.4) is 0 Å². The van der Waals surface area contributed by atoms with Crippen LogP contribution in [-0.2, 0) is 11.3 Å². The predicted molar refractivity (Wildman–Crippen MR) is 64.6 cm³/mol. The Balaban J connectivity index is 2.33. The molecule has 0 amide bonds. The minimum atomic E-state index is -1.16. The molecule has 6 heteroatoms. The maximum atomic E-state index is 10.7. The second-order valence-electron chi connectivity index (χ2n) is 3.62. The second-order valence-corrected chi connectivity index (χ2v) is 4.03. The maximum absolute atomic E-state index is 10.7. The van der Waals surface area contributed by atoms with Gasteiger partial charge < -0.3 is 14.4 Å². The lowest BCUT2D eigenvalue weighted by atomic mass is 10.1. The van der Waals surface area contributed by atoms with E-state index in [1.165, 1.54) is 6.07 Å². The van der Waals surface area contributed by atoms with E-state index in [9.17, 15) is 4.79 Å². The van der Waals surface area contributed by atoms with Gasteiger partial charge in [-0.05, 0) is 11.6 Å². The Morgan fingerprint density at radius 3 is 2.83 bits per heavy atom. The molecule has 0 aliphatic heterocycles. The number of methoxy groups -OCH3 is 1. The molecule has 0 aliphatic rings. The molecule has 0 saturated heterocycles. The van der Waals surface area contributed by atoms with Gasteiger partial charge in [0.25, 0.3) is 0 Å². The molecule has 18 heavy (non-hydrogen) atoms. The molecule has 2 rings (SSSR count). The average Bonchev–Trinajstić information content (AvgIpc) is 2.81. The van der Waals surface area contributed by atoms with E-state index in [1.54, 1.807) is 25.3 Å². The van der Waals surface area contributed by atoms with Crippen LogP contribution in [0, 0.1) is 0 Å². The summed E-state index contributed by atoms with van der Waals surface area (Å²) in [6, 6.07) is 6.63. The second kappa shape index (κ2) is 5.20. The Morgan fingerprint density at radius 1 is 1.50 bits per heavy atom. The van der Waals surface area contributed by atoms with Gasteiger partial charge in [0.15, 0.2) is 0 Å². The van der Waals surface area contributed by atoms with Crippen LogP contribution in [0.2, 0.25) is 5.02 Å². The first kappa shape index (κ1) is 12.6. The molecule has 1 aromatic heterocycles. The van der Waals surface area contributed by atoms with Crippen LogP contribution >= 0.6 is 11.6 Å². The van der Waals surface area contributed by atoms with Gasteiger partial charge in [-0.3, -0.25) is 0 Å². The van der Waals surface area contributed by atoms with Crippen LogP contribution in [-0.4, -0.2) is 23.3 Å². The van der Waals surface area contributed by atoms with E-state index in [0.717, 1.165) is 5.56 Å². The van der Waals surface area contributed by atoms with Crippen molar-refractivity contribution in [3.63, 3.8) is 0 Å². The van der Waals surface area contributed by atoms with Crippen molar-refractivity contribution < 1.29 is 19.2 Å².